The van der Waals surface area contributed by atoms with Crippen LogP contribution in [0, 0.1) is 11.6 Å². The van der Waals surface area contributed by atoms with Crippen LogP contribution in [-0.4, -0.2) is 30.1 Å². The van der Waals surface area contributed by atoms with E-state index < -0.39 is 29.7 Å². The second-order valence-electron chi connectivity index (χ2n) is 5.02. The van der Waals surface area contributed by atoms with Crippen LogP contribution in [0.1, 0.15) is 32.4 Å². The maximum atomic E-state index is 13.5. The van der Waals surface area contributed by atoms with Gasteiger partial charge >= 0.3 is 12.0 Å². The quantitative estimate of drug-likeness (QED) is 0.867. The zero-order valence-electron chi connectivity index (χ0n) is 13.2. The van der Waals surface area contributed by atoms with E-state index in [0.29, 0.717) is 12.2 Å². The fraction of sp³-hybridized carbons (Fsp3) is 0.375. The molecule has 1 aromatic rings. The summed E-state index contributed by atoms with van der Waals surface area (Å²) in [5.74, 6) is -2.64. The predicted molar refractivity (Wildman–Crippen MR) is 79.3 cm³/mol. The molecular weight excluding hydrogens is 306 g/mol. The molecule has 1 aromatic carbocycles. The molecule has 0 aromatic heterocycles. The number of carbonyl (C=O) groups is 2. The molecular formula is C16H18F2N2O3. The van der Waals surface area contributed by atoms with Gasteiger partial charge in [-0.2, -0.15) is 0 Å². The van der Waals surface area contributed by atoms with Crippen LogP contribution in [0.2, 0.25) is 0 Å². The number of amides is 2. The van der Waals surface area contributed by atoms with E-state index >= 15 is 0 Å². The first kappa shape index (κ1) is 16.9. The van der Waals surface area contributed by atoms with Crippen molar-refractivity contribution in [1.82, 2.24) is 10.2 Å². The first-order chi connectivity index (χ1) is 10.9. The molecule has 0 saturated heterocycles. The van der Waals surface area contributed by atoms with Crippen LogP contribution in [0.15, 0.2) is 29.5 Å². The number of hydrogen-bond acceptors (Lipinski definition) is 3. The van der Waals surface area contributed by atoms with Crippen molar-refractivity contribution < 1.29 is 23.1 Å². The molecule has 7 heteroatoms. The number of nitrogens with one attached hydrogen (secondary N) is 1. The highest BCUT2D eigenvalue weighted by atomic mass is 19.2. The van der Waals surface area contributed by atoms with E-state index in [4.69, 9.17) is 4.74 Å². The highest BCUT2D eigenvalue weighted by Gasteiger charge is 2.36. The lowest BCUT2D eigenvalue weighted by atomic mass is 9.94. The number of ether oxygens (including phenoxy) is 1. The summed E-state index contributed by atoms with van der Waals surface area (Å²) in [5.41, 5.74) is 0.916. The van der Waals surface area contributed by atoms with Crippen LogP contribution in [0.3, 0.4) is 0 Å². The molecule has 2 amide bonds. The molecule has 0 spiro atoms. The summed E-state index contributed by atoms with van der Waals surface area (Å²) in [7, 11) is 0. The van der Waals surface area contributed by atoms with Gasteiger partial charge in [-0.3, -0.25) is 4.90 Å². The van der Waals surface area contributed by atoms with Gasteiger partial charge in [0.05, 0.1) is 18.2 Å². The van der Waals surface area contributed by atoms with Crippen molar-refractivity contribution in [2.45, 2.75) is 26.8 Å². The Morgan fingerprint density at radius 1 is 1.30 bits per heavy atom. The Bertz CT molecular complexity index is 673. The lowest BCUT2D eigenvalue weighted by Gasteiger charge is -2.34. The average molecular weight is 324 g/mol. The molecule has 0 saturated carbocycles. The largest absolute Gasteiger partial charge is 0.463 e. The van der Waals surface area contributed by atoms with Crippen LogP contribution >= 0.6 is 0 Å². The summed E-state index contributed by atoms with van der Waals surface area (Å²) >= 11 is 0. The molecule has 0 radical (unpaired) electrons. The van der Waals surface area contributed by atoms with E-state index in [1.807, 2.05) is 0 Å². The van der Waals surface area contributed by atoms with Crippen molar-refractivity contribution in [3.8, 4) is 0 Å². The Labute approximate surface area is 132 Å². The number of halogens is 2. The van der Waals surface area contributed by atoms with Gasteiger partial charge in [-0.25, -0.2) is 18.4 Å². The van der Waals surface area contributed by atoms with Crippen LogP contribution in [0.5, 0.6) is 0 Å². The Balaban J connectivity index is 2.54. The summed E-state index contributed by atoms with van der Waals surface area (Å²) in [5, 5.41) is 2.64. The summed E-state index contributed by atoms with van der Waals surface area (Å²) in [6, 6.07) is 1.96. The molecule has 2 rings (SSSR count). The number of nitrogens with zero attached hydrogens (tertiary/aromatic N) is 1. The van der Waals surface area contributed by atoms with Gasteiger partial charge in [-0.1, -0.05) is 6.07 Å². The Hall–Kier alpha value is -2.44. The van der Waals surface area contributed by atoms with Gasteiger partial charge in [0.25, 0.3) is 0 Å². The van der Waals surface area contributed by atoms with Crippen molar-refractivity contribution in [2.24, 2.45) is 0 Å². The van der Waals surface area contributed by atoms with Gasteiger partial charge in [0, 0.05) is 12.2 Å². The number of allylic oxidation sites excluding steroid dienone is 1. The molecule has 1 atom stereocenters. The van der Waals surface area contributed by atoms with Gasteiger partial charge in [-0.05, 0) is 38.5 Å². The minimum absolute atomic E-state index is 0.167. The zero-order valence-corrected chi connectivity index (χ0v) is 13.2. The molecule has 0 aliphatic carbocycles. The van der Waals surface area contributed by atoms with Crippen molar-refractivity contribution in [1.29, 1.82) is 0 Å². The summed E-state index contributed by atoms with van der Waals surface area (Å²) < 4.78 is 31.7. The predicted octanol–water partition coefficient (Wildman–Crippen LogP) is 2.89. The van der Waals surface area contributed by atoms with Crippen LogP contribution in [0.4, 0.5) is 13.6 Å². The fourth-order valence-corrected chi connectivity index (χ4v) is 2.58. The third-order valence-electron chi connectivity index (χ3n) is 3.68. The van der Waals surface area contributed by atoms with E-state index in [1.165, 1.54) is 11.0 Å². The van der Waals surface area contributed by atoms with Gasteiger partial charge in [0.1, 0.15) is 0 Å². The molecule has 5 nitrogen and oxygen atoms in total. The summed E-state index contributed by atoms with van der Waals surface area (Å²) in [6.45, 7) is 5.59. The number of benzene rings is 1. The van der Waals surface area contributed by atoms with Crippen LogP contribution in [0.25, 0.3) is 0 Å². The lowest BCUT2D eigenvalue weighted by molar-refractivity contribution is -0.139. The molecule has 0 bridgehead atoms. The molecule has 124 valence electrons. The second kappa shape index (κ2) is 6.76. The molecule has 23 heavy (non-hydrogen) atoms. The minimum atomic E-state index is -1.05. The fourth-order valence-electron chi connectivity index (χ4n) is 2.58. The topological polar surface area (TPSA) is 58.6 Å². The summed E-state index contributed by atoms with van der Waals surface area (Å²) in [4.78, 5) is 25.8. The lowest BCUT2D eigenvalue weighted by Crippen LogP contribution is -2.47. The van der Waals surface area contributed by atoms with E-state index in [1.54, 1.807) is 20.8 Å². The molecule has 1 aliphatic rings. The zero-order chi connectivity index (χ0) is 17.1. The molecule has 0 fully saturated rings. The highest BCUT2D eigenvalue weighted by Crippen LogP contribution is 2.31. The van der Waals surface area contributed by atoms with Gasteiger partial charge in [0.2, 0.25) is 0 Å². The van der Waals surface area contributed by atoms with E-state index in [9.17, 15) is 18.4 Å². The molecule has 1 aliphatic heterocycles. The first-order valence-corrected chi connectivity index (χ1v) is 7.31. The molecule has 1 heterocycles. The second-order valence-corrected chi connectivity index (χ2v) is 5.02. The maximum Gasteiger partial charge on any atom is 0.338 e. The molecule has 0 unspecified atom stereocenters. The van der Waals surface area contributed by atoms with Crippen molar-refractivity contribution in [3.05, 3.63) is 46.7 Å². The summed E-state index contributed by atoms with van der Waals surface area (Å²) in [6.07, 6.45) is 0. The Kier molecular flexibility index (Phi) is 4.98. The standard InChI is InChI=1S/C16H18F2N2O3/c1-4-20-9(3)13(15(21)23-5-2)14(19-16(20)22)10-6-7-11(17)12(18)8-10/h6-8,14H,4-5H2,1-3H3,(H,19,22)/t14-/m1/s1. The number of esters is 1. The number of urea groups is 1. The smallest absolute Gasteiger partial charge is 0.338 e. The van der Waals surface area contributed by atoms with Gasteiger partial charge in [0.15, 0.2) is 11.6 Å². The van der Waals surface area contributed by atoms with E-state index in [2.05, 4.69) is 5.32 Å². The normalized spacial score (nSPS) is 18.0. The Morgan fingerprint density at radius 2 is 2.00 bits per heavy atom. The van der Waals surface area contributed by atoms with Gasteiger partial charge in [-0.15, -0.1) is 0 Å². The maximum absolute atomic E-state index is 13.5. The third kappa shape index (κ3) is 3.18. The average Bonchev–Trinajstić information content (AvgIpc) is 2.50. The van der Waals surface area contributed by atoms with Crippen LogP contribution < -0.4 is 5.32 Å². The first-order valence-electron chi connectivity index (χ1n) is 7.31. The van der Waals surface area contributed by atoms with Crippen LogP contribution in [-0.2, 0) is 9.53 Å². The number of carbonyl (C=O) groups excluding carboxylic acids is 2. The van der Waals surface area contributed by atoms with Crippen molar-refractivity contribution in [3.63, 3.8) is 0 Å². The van der Waals surface area contributed by atoms with Crippen molar-refractivity contribution >= 4 is 12.0 Å². The highest BCUT2D eigenvalue weighted by molar-refractivity contribution is 5.95. The SMILES string of the molecule is CCOC(=O)C1=C(C)N(CC)C(=O)N[C@@H]1c1ccc(F)c(F)c1. The monoisotopic (exact) mass is 324 g/mol. The van der Waals surface area contributed by atoms with E-state index in [-0.39, 0.29) is 17.7 Å². The van der Waals surface area contributed by atoms with E-state index in [0.717, 1.165) is 12.1 Å². The minimum Gasteiger partial charge on any atom is -0.463 e. The Morgan fingerprint density at radius 3 is 2.57 bits per heavy atom. The third-order valence-corrected chi connectivity index (χ3v) is 3.68. The van der Waals surface area contributed by atoms with Crippen molar-refractivity contribution in [2.75, 3.05) is 13.2 Å². The number of rotatable bonds is 4. The molecule has 1 N–H and O–H groups in total. The van der Waals surface area contributed by atoms with Gasteiger partial charge < -0.3 is 10.1 Å². The number of hydrogen-bond donors (Lipinski definition) is 1.